The monoisotopic (exact) mass is 189 g/mol. The Morgan fingerprint density at radius 1 is 1.36 bits per heavy atom. The van der Waals surface area contributed by atoms with E-state index in [1.165, 1.54) is 25.7 Å². The van der Waals surface area contributed by atoms with Gasteiger partial charge in [-0.15, -0.1) is 0 Å². The van der Waals surface area contributed by atoms with E-state index < -0.39 is 0 Å². The summed E-state index contributed by atoms with van der Waals surface area (Å²) in [5.41, 5.74) is 1.67. The molecule has 3 nitrogen and oxygen atoms in total. The van der Waals surface area contributed by atoms with Gasteiger partial charge in [0.25, 0.3) is 0 Å². The van der Waals surface area contributed by atoms with Crippen LogP contribution < -0.4 is 4.74 Å². The van der Waals surface area contributed by atoms with Crippen LogP contribution >= 0.6 is 0 Å². The van der Waals surface area contributed by atoms with Crippen molar-refractivity contribution in [1.82, 2.24) is 4.98 Å². The molecule has 3 rings (SSSR count). The molecule has 0 aliphatic heterocycles. The fourth-order valence-electron chi connectivity index (χ4n) is 1.59. The minimum absolute atomic E-state index is 0.416. The molecule has 1 aliphatic carbocycles. The smallest absolute Gasteiger partial charge is 0.181 e. The summed E-state index contributed by atoms with van der Waals surface area (Å²) in [7, 11) is 0. The van der Waals surface area contributed by atoms with E-state index in [1.807, 2.05) is 18.2 Å². The minimum atomic E-state index is 0.416. The molecule has 72 valence electrons. The maximum Gasteiger partial charge on any atom is 0.181 e. The van der Waals surface area contributed by atoms with Crippen LogP contribution in [-0.2, 0) is 0 Å². The Kier molecular flexibility index (Phi) is 1.69. The van der Waals surface area contributed by atoms with Crippen LogP contribution in [0, 0.1) is 0 Å². The molecule has 0 atom stereocenters. The summed E-state index contributed by atoms with van der Waals surface area (Å²) in [4.78, 5) is 4.08. The van der Waals surface area contributed by atoms with E-state index >= 15 is 0 Å². The number of fused-ring (bicyclic) bond motifs is 1. The molecule has 14 heavy (non-hydrogen) atoms. The molecule has 0 radical (unpaired) electrons. The third-order valence-electron chi connectivity index (χ3n) is 2.66. The van der Waals surface area contributed by atoms with Crippen LogP contribution in [0.1, 0.15) is 19.3 Å². The zero-order valence-electron chi connectivity index (χ0n) is 7.77. The number of hydrogen-bond acceptors (Lipinski definition) is 3. The van der Waals surface area contributed by atoms with Crippen molar-refractivity contribution < 1.29 is 9.15 Å². The molecule has 1 aliphatic rings. The Hall–Kier alpha value is -1.51. The van der Waals surface area contributed by atoms with Gasteiger partial charge in [0.15, 0.2) is 12.0 Å². The van der Waals surface area contributed by atoms with E-state index in [4.69, 9.17) is 9.15 Å². The van der Waals surface area contributed by atoms with Gasteiger partial charge in [-0.25, -0.2) is 4.98 Å². The van der Waals surface area contributed by atoms with Crippen LogP contribution in [-0.4, -0.2) is 11.1 Å². The molecule has 1 saturated carbocycles. The largest absolute Gasteiger partial charge is 0.490 e. The summed E-state index contributed by atoms with van der Waals surface area (Å²) in [5, 5.41) is 0. The fourth-order valence-corrected chi connectivity index (χ4v) is 1.59. The SMILES string of the molecule is c1nc2cc(OC3CCC3)ccc2o1. The number of aromatic nitrogens is 1. The topological polar surface area (TPSA) is 35.3 Å². The molecule has 0 N–H and O–H groups in total. The van der Waals surface area contributed by atoms with Gasteiger partial charge in [-0.3, -0.25) is 0 Å². The molecule has 1 aromatic carbocycles. The molecule has 2 aromatic rings. The third kappa shape index (κ3) is 1.25. The maximum absolute atomic E-state index is 5.75. The van der Waals surface area contributed by atoms with E-state index in [0.717, 1.165) is 16.8 Å². The molecule has 0 amide bonds. The quantitative estimate of drug-likeness (QED) is 0.728. The zero-order chi connectivity index (χ0) is 9.38. The lowest BCUT2D eigenvalue weighted by molar-refractivity contribution is 0.120. The Morgan fingerprint density at radius 2 is 2.29 bits per heavy atom. The number of rotatable bonds is 2. The molecule has 1 aromatic heterocycles. The standard InChI is InChI=1S/C11H11NO2/c1-2-8(3-1)14-9-4-5-11-10(6-9)12-7-13-11/h4-8H,1-3H2. The number of ether oxygens (including phenoxy) is 1. The van der Waals surface area contributed by atoms with Gasteiger partial charge < -0.3 is 9.15 Å². The Balaban J connectivity index is 1.88. The molecule has 1 heterocycles. The average Bonchev–Trinajstić information content (AvgIpc) is 2.58. The second-order valence-electron chi connectivity index (χ2n) is 3.65. The van der Waals surface area contributed by atoms with Gasteiger partial charge in [0.2, 0.25) is 0 Å². The van der Waals surface area contributed by atoms with Crippen molar-refractivity contribution in [2.75, 3.05) is 0 Å². The number of benzene rings is 1. The van der Waals surface area contributed by atoms with E-state index in [9.17, 15) is 0 Å². The van der Waals surface area contributed by atoms with Crippen molar-refractivity contribution in [3.8, 4) is 5.75 Å². The molecule has 0 bridgehead atoms. The van der Waals surface area contributed by atoms with Crippen LogP contribution in [0.15, 0.2) is 29.0 Å². The fraction of sp³-hybridized carbons (Fsp3) is 0.364. The van der Waals surface area contributed by atoms with Crippen LogP contribution in [0.3, 0.4) is 0 Å². The highest BCUT2D eigenvalue weighted by Gasteiger charge is 2.19. The maximum atomic E-state index is 5.75. The summed E-state index contributed by atoms with van der Waals surface area (Å²) < 4.78 is 10.9. The first-order valence-corrected chi connectivity index (χ1v) is 4.92. The first-order chi connectivity index (χ1) is 6.92. The molecule has 3 heteroatoms. The van der Waals surface area contributed by atoms with Crippen molar-refractivity contribution >= 4 is 11.1 Å². The molecular formula is C11H11NO2. The van der Waals surface area contributed by atoms with E-state index in [2.05, 4.69) is 4.98 Å². The minimum Gasteiger partial charge on any atom is -0.490 e. The summed E-state index contributed by atoms with van der Waals surface area (Å²) in [6, 6.07) is 5.76. The third-order valence-corrected chi connectivity index (χ3v) is 2.66. The average molecular weight is 189 g/mol. The summed E-state index contributed by atoms with van der Waals surface area (Å²) in [5.74, 6) is 0.899. The van der Waals surface area contributed by atoms with E-state index in [0.29, 0.717) is 6.10 Å². The van der Waals surface area contributed by atoms with Gasteiger partial charge in [0.1, 0.15) is 11.3 Å². The van der Waals surface area contributed by atoms with Crippen LogP contribution in [0.4, 0.5) is 0 Å². The highest BCUT2D eigenvalue weighted by Crippen LogP contribution is 2.26. The van der Waals surface area contributed by atoms with Crippen molar-refractivity contribution in [1.29, 1.82) is 0 Å². The Labute approximate surface area is 81.7 Å². The Bertz CT molecular complexity index is 445. The van der Waals surface area contributed by atoms with Gasteiger partial charge in [0, 0.05) is 6.07 Å². The predicted molar refractivity (Wildman–Crippen MR) is 52.3 cm³/mol. The van der Waals surface area contributed by atoms with Crippen molar-refractivity contribution in [2.45, 2.75) is 25.4 Å². The highest BCUT2D eigenvalue weighted by atomic mass is 16.5. The first kappa shape index (κ1) is 7.85. The molecule has 1 fully saturated rings. The predicted octanol–water partition coefficient (Wildman–Crippen LogP) is 2.76. The molecule has 0 unspecified atom stereocenters. The van der Waals surface area contributed by atoms with Crippen LogP contribution in [0.25, 0.3) is 11.1 Å². The van der Waals surface area contributed by atoms with Crippen molar-refractivity contribution in [3.63, 3.8) is 0 Å². The Morgan fingerprint density at radius 3 is 3.07 bits per heavy atom. The lowest BCUT2D eigenvalue weighted by atomic mass is 9.96. The van der Waals surface area contributed by atoms with Crippen molar-refractivity contribution in [3.05, 3.63) is 24.6 Å². The van der Waals surface area contributed by atoms with Gasteiger partial charge in [-0.1, -0.05) is 0 Å². The zero-order valence-corrected chi connectivity index (χ0v) is 7.77. The molecule has 0 spiro atoms. The van der Waals surface area contributed by atoms with Gasteiger partial charge in [-0.2, -0.15) is 0 Å². The summed E-state index contributed by atoms with van der Waals surface area (Å²) >= 11 is 0. The normalized spacial score (nSPS) is 16.9. The van der Waals surface area contributed by atoms with E-state index in [1.54, 1.807) is 0 Å². The van der Waals surface area contributed by atoms with Crippen molar-refractivity contribution in [2.24, 2.45) is 0 Å². The van der Waals surface area contributed by atoms with E-state index in [-0.39, 0.29) is 0 Å². The van der Waals surface area contributed by atoms with Gasteiger partial charge in [0.05, 0.1) is 6.10 Å². The first-order valence-electron chi connectivity index (χ1n) is 4.92. The molecule has 0 saturated heterocycles. The lowest BCUT2D eigenvalue weighted by Crippen LogP contribution is -2.24. The van der Waals surface area contributed by atoms with Crippen LogP contribution in [0.2, 0.25) is 0 Å². The highest BCUT2D eigenvalue weighted by molar-refractivity contribution is 5.73. The van der Waals surface area contributed by atoms with Crippen LogP contribution in [0.5, 0.6) is 5.75 Å². The second kappa shape index (κ2) is 3.01. The number of hydrogen-bond donors (Lipinski definition) is 0. The van der Waals surface area contributed by atoms with Gasteiger partial charge in [-0.05, 0) is 31.4 Å². The lowest BCUT2D eigenvalue weighted by Gasteiger charge is -2.26. The summed E-state index contributed by atoms with van der Waals surface area (Å²) in [6.45, 7) is 0. The van der Waals surface area contributed by atoms with Gasteiger partial charge >= 0.3 is 0 Å². The second-order valence-corrected chi connectivity index (χ2v) is 3.65. The summed E-state index contributed by atoms with van der Waals surface area (Å²) in [6.07, 6.45) is 5.52. The molecular weight excluding hydrogens is 178 g/mol. The number of nitrogens with zero attached hydrogens (tertiary/aromatic N) is 1. The number of oxazole rings is 1.